The van der Waals surface area contributed by atoms with Gasteiger partial charge in [0.1, 0.15) is 0 Å². The molecule has 0 bridgehead atoms. The predicted octanol–water partition coefficient (Wildman–Crippen LogP) is 5.37. The second-order valence-corrected chi connectivity index (χ2v) is 5.45. The molecule has 0 aliphatic rings. The van der Waals surface area contributed by atoms with Crippen molar-refractivity contribution >= 4 is 0 Å². The van der Waals surface area contributed by atoms with Gasteiger partial charge in [0.05, 0.1) is 5.56 Å². The highest BCUT2D eigenvalue weighted by atomic mass is 19.4. The van der Waals surface area contributed by atoms with Gasteiger partial charge < -0.3 is 4.52 Å². The van der Waals surface area contributed by atoms with E-state index >= 15 is 0 Å². The van der Waals surface area contributed by atoms with Crippen molar-refractivity contribution in [2.45, 2.75) is 25.9 Å². The summed E-state index contributed by atoms with van der Waals surface area (Å²) in [6.07, 6.45) is -2.29. The molecule has 0 radical (unpaired) electrons. The van der Waals surface area contributed by atoms with Gasteiger partial charge in [-0.2, -0.15) is 18.2 Å². The molecule has 2 aromatic carbocycles. The molecule has 124 valence electrons. The number of aryl methyl sites for hydroxylation is 1. The summed E-state index contributed by atoms with van der Waals surface area (Å²) in [7, 11) is 0. The molecule has 0 saturated heterocycles. The first-order valence-corrected chi connectivity index (χ1v) is 7.58. The molecule has 0 atom stereocenters. The van der Waals surface area contributed by atoms with Crippen LogP contribution in [0.1, 0.15) is 24.5 Å². The van der Waals surface area contributed by atoms with Crippen molar-refractivity contribution in [3.8, 4) is 22.8 Å². The van der Waals surface area contributed by atoms with Crippen molar-refractivity contribution in [3.05, 3.63) is 59.7 Å². The van der Waals surface area contributed by atoms with E-state index in [1.165, 1.54) is 17.7 Å². The van der Waals surface area contributed by atoms with Crippen LogP contribution in [-0.2, 0) is 12.6 Å². The smallest absolute Gasteiger partial charge is 0.334 e. The number of nitrogens with zero attached hydrogens (tertiary/aromatic N) is 2. The topological polar surface area (TPSA) is 38.9 Å². The number of aromatic nitrogens is 2. The van der Waals surface area contributed by atoms with Gasteiger partial charge in [-0.3, -0.25) is 0 Å². The van der Waals surface area contributed by atoms with Gasteiger partial charge in [0.25, 0.3) is 5.89 Å². The number of alkyl halides is 3. The fraction of sp³-hybridized carbons (Fsp3) is 0.222. The molecule has 0 amide bonds. The maximum atomic E-state index is 12.6. The molecule has 0 saturated carbocycles. The number of hydrogen-bond donors (Lipinski definition) is 0. The normalized spacial score (nSPS) is 11.7. The molecule has 24 heavy (non-hydrogen) atoms. The zero-order valence-corrected chi connectivity index (χ0v) is 13.0. The molecule has 0 spiro atoms. The fourth-order valence-corrected chi connectivity index (χ4v) is 2.37. The third-order valence-electron chi connectivity index (χ3n) is 3.64. The third-order valence-corrected chi connectivity index (χ3v) is 3.64. The molecule has 0 aliphatic heterocycles. The number of rotatable bonds is 4. The van der Waals surface area contributed by atoms with Crippen LogP contribution < -0.4 is 0 Å². The zero-order chi connectivity index (χ0) is 17.2. The van der Waals surface area contributed by atoms with E-state index < -0.39 is 11.7 Å². The van der Waals surface area contributed by atoms with E-state index in [9.17, 15) is 13.2 Å². The van der Waals surface area contributed by atoms with E-state index in [0.717, 1.165) is 30.5 Å². The minimum atomic E-state index is -4.36. The molecule has 0 aliphatic carbocycles. The van der Waals surface area contributed by atoms with Crippen LogP contribution in [0.5, 0.6) is 0 Å². The summed E-state index contributed by atoms with van der Waals surface area (Å²) >= 11 is 0. The van der Waals surface area contributed by atoms with Gasteiger partial charge in [-0.15, -0.1) is 0 Å². The van der Waals surface area contributed by atoms with Gasteiger partial charge in [-0.25, -0.2) is 0 Å². The Labute approximate surface area is 137 Å². The molecular weight excluding hydrogens is 317 g/mol. The van der Waals surface area contributed by atoms with Crippen LogP contribution in [0.3, 0.4) is 0 Å². The lowest BCUT2D eigenvalue weighted by Crippen LogP contribution is -2.04. The Hall–Kier alpha value is -2.63. The molecule has 0 unspecified atom stereocenters. The Kier molecular flexibility index (Phi) is 4.38. The van der Waals surface area contributed by atoms with Crippen LogP contribution in [0.2, 0.25) is 0 Å². The summed E-state index contributed by atoms with van der Waals surface area (Å²) in [4.78, 5) is 4.26. The Morgan fingerprint density at radius 2 is 1.54 bits per heavy atom. The molecule has 0 fully saturated rings. The first kappa shape index (κ1) is 16.2. The number of benzene rings is 2. The highest BCUT2D eigenvalue weighted by molar-refractivity contribution is 5.60. The lowest BCUT2D eigenvalue weighted by molar-refractivity contribution is -0.137. The summed E-state index contributed by atoms with van der Waals surface area (Å²) in [5, 5.41) is 3.85. The van der Waals surface area contributed by atoms with Crippen molar-refractivity contribution in [2.75, 3.05) is 0 Å². The monoisotopic (exact) mass is 332 g/mol. The van der Waals surface area contributed by atoms with Crippen LogP contribution in [-0.4, -0.2) is 10.1 Å². The molecule has 3 aromatic rings. The Morgan fingerprint density at radius 3 is 2.12 bits per heavy atom. The van der Waals surface area contributed by atoms with Crippen molar-refractivity contribution in [2.24, 2.45) is 0 Å². The summed E-state index contributed by atoms with van der Waals surface area (Å²) in [5.74, 6) is 0.601. The van der Waals surface area contributed by atoms with E-state index in [1.54, 1.807) is 0 Å². The molecule has 1 heterocycles. The summed E-state index contributed by atoms with van der Waals surface area (Å²) in [6, 6.07) is 12.5. The summed E-state index contributed by atoms with van der Waals surface area (Å²) < 4.78 is 43.0. The lowest BCUT2D eigenvalue weighted by Gasteiger charge is -2.05. The highest BCUT2D eigenvalue weighted by Gasteiger charge is 2.30. The minimum absolute atomic E-state index is 0.261. The molecule has 3 rings (SSSR count). The van der Waals surface area contributed by atoms with Gasteiger partial charge in [-0.1, -0.05) is 42.8 Å². The van der Waals surface area contributed by atoms with Crippen LogP contribution >= 0.6 is 0 Å². The van der Waals surface area contributed by atoms with Crippen LogP contribution in [0, 0.1) is 0 Å². The highest BCUT2D eigenvalue weighted by Crippen LogP contribution is 2.31. The maximum absolute atomic E-state index is 12.6. The first-order valence-electron chi connectivity index (χ1n) is 7.58. The van der Waals surface area contributed by atoms with Crippen molar-refractivity contribution < 1.29 is 17.7 Å². The van der Waals surface area contributed by atoms with E-state index in [-0.39, 0.29) is 5.82 Å². The zero-order valence-electron chi connectivity index (χ0n) is 13.0. The Bertz CT molecular complexity index is 806. The van der Waals surface area contributed by atoms with Gasteiger partial charge in [0, 0.05) is 11.1 Å². The van der Waals surface area contributed by atoms with Gasteiger partial charge in [-0.05, 0) is 36.2 Å². The Morgan fingerprint density at radius 1 is 0.917 bits per heavy atom. The fourth-order valence-electron chi connectivity index (χ4n) is 2.37. The van der Waals surface area contributed by atoms with Crippen molar-refractivity contribution in [3.63, 3.8) is 0 Å². The van der Waals surface area contributed by atoms with Gasteiger partial charge in [0.2, 0.25) is 5.82 Å². The summed E-state index contributed by atoms with van der Waals surface area (Å²) in [5.41, 5.74) is 1.77. The second-order valence-electron chi connectivity index (χ2n) is 5.45. The molecule has 0 N–H and O–H groups in total. The maximum Gasteiger partial charge on any atom is 0.416 e. The average Bonchev–Trinajstić information content (AvgIpc) is 3.05. The second kappa shape index (κ2) is 6.47. The van der Waals surface area contributed by atoms with E-state index in [1.807, 2.05) is 24.3 Å². The minimum Gasteiger partial charge on any atom is -0.334 e. The lowest BCUT2D eigenvalue weighted by atomic mass is 10.1. The molecule has 1 aromatic heterocycles. The van der Waals surface area contributed by atoms with Crippen molar-refractivity contribution in [1.82, 2.24) is 10.1 Å². The summed E-state index contributed by atoms with van der Waals surface area (Å²) in [6.45, 7) is 2.11. The largest absolute Gasteiger partial charge is 0.416 e. The molecule has 6 heteroatoms. The predicted molar refractivity (Wildman–Crippen MR) is 84.2 cm³/mol. The quantitative estimate of drug-likeness (QED) is 0.644. The van der Waals surface area contributed by atoms with Gasteiger partial charge >= 0.3 is 6.18 Å². The van der Waals surface area contributed by atoms with E-state index in [2.05, 4.69) is 17.1 Å². The van der Waals surface area contributed by atoms with Crippen molar-refractivity contribution in [1.29, 1.82) is 0 Å². The Balaban J connectivity index is 1.82. The van der Waals surface area contributed by atoms with Crippen LogP contribution in [0.25, 0.3) is 22.8 Å². The van der Waals surface area contributed by atoms with Gasteiger partial charge in [0.15, 0.2) is 0 Å². The average molecular weight is 332 g/mol. The number of halogens is 3. The molecule has 3 nitrogen and oxygen atoms in total. The first-order chi connectivity index (χ1) is 11.5. The van der Waals surface area contributed by atoms with E-state index in [0.29, 0.717) is 11.5 Å². The third kappa shape index (κ3) is 3.48. The standard InChI is InChI=1S/C18H15F3N2O/c1-2-3-12-4-6-14(7-5-12)17-22-16(23-24-17)13-8-10-15(11-9-13)18(19,20)21/h4-11H,2-3H2,1H3. The van der Waals surface area contributed by atoms with Crippen LogP contribution in [0.15, 0.2) is 53.1 Å². The molecular formula is C18H15F3N2O. The van der Waals surface area contributed by atoms with E-state index in [4.69, 9.17) is 4.52 Å². The number of hydrogen-bond acceptors (Lipinski definition) is 3. The SMILES string of the molecule is CCCc1ccc(-c2nc(-c3ccc(C(F)(F)F)cc3)no2)cc1. The van der Waals surface area contributed by atoms with Crippen LogP contribution in [0.4, 0.5) is 13.2 Å².